The van der Waals surface area contributed by atoms with Gasteiger partial charge in [0.15, 0.2) is 0 Å². The van der Waals surface area contributed by atoms with Gasteiger partial charge in [-0.2, -0.15) is 0 Å². The minimum atomic E-state index is -0.685. The van der Waals surface area contributed by atoms with Crippen molar-refractivity contribution in [2.24, 2.45) is 0 Å². The minimum Gasteiger partial charge on any atom is -0.467 e. The molecule has 0 aliphatic rings. The number of nitrogens with two attached hydrogens (primary N) is 1. The van der Waals surface area contributed by atoms with E-state index in [-0.39, 0.29) is 5.91 Å². The maximum atomic E-state index is 11.8. The molecular weight excluding hydrogens is 220 g/mol. The Morgan fingerprint density at radius 2 is 2.06 bits per heavy atom. The van der Waals surface area contributed by atoms with Crippen LogP contribution in [0.2, 0.25) is 0 Å². The molecule has 1 amide bonds. The quantitative estimate of drug-likeness (QED) is 0.602. The number of rotatable bonds is 3. The Morgan fingerprint density at radius 3 is 2.59 bits per heavy atom. The molecule has 0 spiro atoms. The molecule has 0 fully saturated rings. The topological polar surface area (TPSA) is 81.4 Å². The summed E-state index contributed by atoms with van der Waals surface area (Å²) in [7, 11) is 1.27. The number of anilines is 1. The zero-order valence-electron chi connectivity index (χ0n) is 10.1. The van der Waals surface area contributed by atoms with Crippen LogP contribution in [0.4, 0.5) is 5.69 Å². The first-order valence-electron chi connectivity index (χ1n) is 5.20. The van der Waals surface area contributed by atoms with Crippen molar-refractivity contribution >= 4 is 17.6 Å². The highest BCUT2D eigenvalue weighted by Crippen LogP contribution is 2.12. The summed E-state index contributed by atoms with van der Waals surface area (Å²) < 4.78 is 4.51. The highest BCUT2D eigenvalue weighted by molar-refractivity contribution is 5.97. The number of nitrogens with one attached hydrogen (secondary N) is 1. The lowest BCUT2D eigenvalue weighted by atomic mass is 10.1. The fourth-order valence-electron chi connectivity index (χ4n) is 1.30. The third-order valence-electron chi connectivity index (χ3n) is 2.44. The summed E-state index contributed by atoms with van der Waals surface area (Å²) in [6.45, 7) is 3.41. The van der Waals surface area contributed by atoms with E-state index in [9.17, 15) is 9.59 Å². The molecule has 1 aromatic rings. The molecule has 0 saturated heterocycles. The number of carbonyl (C=O) groups excluding carboxylic acids is 2. The number of hydrogen-bond acceptors (Lipinski definition) is 4. The van der Waals surface area contributed by atoms with Gasteiger partial charge in [0.25, 0.3) is 5.91 Å². The summed E-state index contributed by atoms with van der Waals surface area (Å²) in [5.41, 5.74) is 7.57. The molecule has 0 aromatic heterocycles. The first-order valence-corrected chi connectivity index (χ1v) is 5.20. The van der Waals surface area contributed by atoms with Crippen LogP contribution in [-0.2, 0) is 9.53 Å². The van der Waals surface area contributed by atoms with Gasteiger partial charge in [0.2, 0.25) is 0 Å². The Labute approximate surface area is 99.9 Å². The van der Waals surface area contributed by atoms with E-state index in [2.05, 4.69) is 10.1 Å². The number of aryl methyl sites for hydroxylation is 1. The van der Waals surface area contributed by atoms with Gasteiger partial charge in [-0.15, -0.1) is 0 Å². The molecular formula is C12H16N2O3. The number of amides is 1. The zero-order valence-corrected chi connectivity index (χ0v) is 10.1. The summed E-state index contributed by atoms with van der Waals surface area (Å²) in [6, 6.07) is 4.31. The number of methoxy groups -OCH3 is 1. The molecule has 1 aromatic carbocycles. The molecule has 0 saturated carbocycles. The average Bonchev–Trinajstić information content (AvgIpc) is 2.31. The molecule has 0 heterocycles. The van der Waals surface area contributed by atoms with Crippen LogP contribution in [-0.4, -0.2) is 25.0 Å². The van der Waals surface area contributed by atoms with Crippen molar-refractivity contribution in [1.82, 2.24) is 5.32 Å². The Hall–Kier alpha value is -2.04. The second kappa shape index (κ2) is 5.34. The maximum Gasteiger partial charge on any atom is 0.328 e. The van der Waals surface area contributed by atoms with Crippen LogP contribution in [0.3, 0.4) is 0 Å². The van der Waals surface area contributed by atoms with Crippen molar-refractivity contribution in [1.29, 1.82) is 0 Å². The lowest BCUT2D eigenvalue weighted by Gasteiger charge is -2.12. The predicted octanol–water partition coefficient (Wildman–Crippen LogP) is 0.869. The van der Waals surface area contributed by atoms with Gasteiger partial charge in [-0.05, 0) is 31.5 Å². The Morgan fingerprint density at radius 1 is 1.41 bits per heavy atom. The fraction of sp³-hybridized carbons (Fsp3) is 0.333. The minimum absolute atomic E-state index is 0.352. The van der Waals surface area contributed by atoms with Gasteiger partial charge in [-0.25, -0.2) is 4.79 Å². The predicted molar refractivity (Wildman–Crippen MR) is 64.5 cm³/mol. The fourth-order valence-corrected chi connectivity index (χ4v) is 1.30. The molecule has 0 radical (unpaired) electrons. The van der Waals surface area contributed by atoms with Gasteiger partial charge in [-0.3, -0.25) is 4.79 Å². The smallest absolute Gasteiger partial charge is 0.328 e. The molecule has 0 aliphatic carbocycles. The summed E-state index contributed by atoms with van der Waals surface area (Å²) in [4.78, 5) is 22.9. The first kappa shape index (κ1) is 13.0. The van der Waals surface area contributed by atoms with Crippen LogP contribution in [0, 0.1) is 6.92 Å². The van der Waals surface area contributed by atoms with Crippen molar-refractivity contribution in [3.8, 4) is 0 Å². The van der Waals surface area contributed by atoms with E-state index in [1.165, 1.54) is 7.11 Å². The summed E-state index contributed by atoms with van der Waals surface area (Å²) in [5, 5.41) is 2.52. The van der Waals surface area contributed by atoms with E-state index in [1.54, 1.807) is 25.1 Å². The van der Waals surface area contributed by atoms with E-state index in [0.29, 0.717) is 11.3 Å². The van der Waals surface area contributed by atoms with Crippen LogP contribution < -0.4 is 11.1 Å². The Bertz CT molecular complexity index is 443. The third-order valence-corrected chi connectivity index (χ3v) is 2.44. The molecule has 5 nitrogen and oxygen atoms in total. The van der Waals surface area contributed by atoms with Crippen molar-refractivity contribution in [3.63, 3.8) is 0 Å². The SMILES string of the molecule is COC(=O)C(C)NC(=O)c1ccc(C)c(N)c1. The molecule has 1 atom stereocenters. The Kier molecular flexibility index (Phi) is 4.09. The molecule has 5 heteroatoms. The van der Waals surface area contributed by atoms with Crippen LogP contribution in [0.5, 0.6) is 0 Å². The second-order valence-electron chi connectivity index (χ2n) is 3.79. The maximum absolute atomic E-state index is 11.8. The third kappa shape index (κ3) is 3.21. The van der Waals surface area contributed by atoms with E-state index < -0.39 is 12.0 Å². The van der Waals surface area contributed by atoms with E-state index in [4.69, 9.17) is 5.73 Å². The molecule has 1 unspecified atom stereocenters. The van der Waals surface area contributed by atoms with Crippen LogP contribution in [0.1, 0.15) is 22.8 Å². The highest BCUT2D eigenvalue weighted by Gasteiger charge is 2.16. The van der Waals surface area contributed by atoms with Crippen LogP contribution in [0.15, 0.2) is 18.2 Å². The van der Waals surface area contributed by atoms with Gasteiger partial charge < -0.3 is 15.8 Å². The van der Waals surface area contributed by atoms with Gasteiger partial charge in [0.05, 0.1) is 7.11 Å². The van der Waals surface area contributed by atoms with Crippen molar-refractivity contribution in [3.05, 3.63) is 29.3 Å². The number of hydrogen-bond donors (Lipinski definition) is 2. The monoisotopic (exact) mass is 236 g/mol. The number of benzene rings is 1. The summed E-state index contributed by atoms with van der Waals surface area (Å²) in [6.07, 6.45) is 0. The highest BCUT2D eigenvalue weighted by atomic mass is 16.5. The van der Waals surface area contributed by atoms with Crippen molar-refractivity contribution in [2.45, 2.75) is 19.9 Å². The Balaban J connectivity index is 2.76. The molecule has 0 bridgehead atoms. The van der Waals surface area contributed by atoms with Gasteiger partial charge in [0, 0.05) is 11.3 Å². The standard InChI is InChI=1S/C12H16N2O3/c1-7-4-5-9(6-10(7)13)11(15)14-8(2)12(16)17-3/h4-6,8H,13H2,1-3H3,(H,14,15). The lowest BCUT2D eigenvalue weighted by Crippen LogP contribution is -2.39. The van der Waals surface area contributed by atoms with Crippen LogP contribution in [0.25, 0.3) is 0 Å². The van der Waals surface area contributed by atoms with E-state index in [1.807, 2.05) is 6.92 Å². The lowest BCUT2D eigenvalue weighted by molar-refractivity contribution is -0.142. The number of carbonyl (C=O) groups is 2. The van der Waals surface area contributed by atoms with E-state index >= 15 is 0 Å². The molecule has 0 aliphatic heterocycles. The summed E-state index contributed by atoms with van der Waals surface area (Å²) in [5.74, 6) is -0.840. The average molecular weight is 236 g/mol. The normalized spacial score (nSPS) is 11.7. The second-order valence-corrected chi connectivity index (χ2v) is 3.79. The van der Waals surface area contributed by atoms with Gasteiger partial charge >= 0.3 is 5.97 Å². The van der Waals surface area contributed by atoms with Crippen LogP contribution >= 0.6 is 0 Å². The largest absolute Gasteiger partial charge is 0.467 e. The molecule has 92 valence electrons. The van der Waals surface area contributed by atoms with Gasteiger partial charge in [0.1, 0.15) is 6.04 Å². The number of esters is 1. The van der Waals surface area contributed by atoms with Gasteiger partial charge in [-0.1, -0.05) is 6.07 Å². The summed E-state index contributed by atoms with van der Waals surface area (Å²) >= 11 is 0. The molecule has 1 rings (SSSR count). The zero-order chi connectivity index (χ0) is 13.0. The van der Waals surface area contributed by atoms with E-state index in [0.717, 1.165) is 5.56 Å². The molecule has 3 N–H and O–H groups in total. The number of nitrogen functional groups attached to an aromatic ring is 1. The van der Waals surface area contributed by atoms with Crippen molar-refractivity contribution < 1.29 is 14.3 Å². The first-order chi connectivity index (χ1) is 7.95. The molecule has 17 heavy (non-hydrogen) atoms. The number of ether oxygens (including phenoxy) is 1. The van der Waals surface area contributed by atoms with Crippen molar-refractivity contribution in [2.75, 3.05) is 12.8 Å².